The predicted octanol–water partition coefficient (Wildman–Crippen LogP) is 13.9. The van der Waals surface area contributed by atoms with Crippen molar-refractivity contribution in [2.45, 2.75) is 0 Å². The Hall–Kier alpha value is -7.41. The summed E-state index contributed by atoms with van der Waals surface area (Å²) in [5.74, 6) is 1.80. The fourth-order valence-corrected chi connectivity index (χ4v) is 9.71. The van der Waals surface area contributed by atoms with E-state index < -0.39 is 0 Å². The van der Waals surface area contributed by atoms with Gasteiger partial charge < -0.3 is 8.98 Å². The zero-order valence-corrected chi connectivity index (χ0v) is 31.2. The molecule has 4 aromatic heterocycles. The third-order valence-corrected chi connectivity index (χ3v) is 12.3. The largest absolute Gasteiger partial charge is 0.455 e. The van der Waals surface area contributed by atoms with Gasteiger partial charge in [0.15, 0.2) is 17.5 Å². The number of rotatable bonds is 5. The van der Waals surface area contributed by atoms with Crippen LogP contribution in [0.4, 0.5) is 0 Å². The van der Waals surface area contributed by atoms with Crippen molar-refractivity contribution in [3.8, 4) is 51.0 Å². The molecule has 0 aliphatic heterocycles. The molecule has 0 spiro atoms. The third kappa shape index (κ3) is 4.98. The molecule has 0 saturated carbocycles. The number of fused-ring (bicyclic) bond motifs is 9. The van der Waals surface area contributed by atoms with Crippen LogP contribution in [0.25, 0.3) is 115 Å². The Bertz CT molecular complexity index is 3420. The second-order valence-electron chi connectivity index (χ2n) is 14.3. The van der Waals surface area contributed by atoms with Crippen molar-refractivity contribution in [3.63, 3.8) is 0 Å². The van der Waals surface area contributed by atoms with Gasteiger partial charge in [0, 0.05) is 53.7 Å². The number of hydrogen-bond donors (Lipinski definition) is 0. The highest BCUT2D eigenvalue weighted by Crippen LogP contribution is 2.44. The van der Waals surface area contributed by atoms with E-state index in [1.165, 1.54) is 47.7 Å². The Kier molecular flexibility index (Phi) is 7.03. The summed E-state index contributed by atoms with van der Waals surface area (Å²) in [6, 6.07) is 63.7. The summed E-state index contributed by atoms with van der Waals surface area (Å²) in [4.78, 5) is 15.0. The van der Waals surface area contributed by atoms with Crippen molar-refractivity contribution in [3.05, 3.63) is 182 Å². The number of para-hydroxylation sites is 4. The number of benzene rings is 8. The normalized spacial score (nSPS) is 11.9. The van der Waals surface area contributed by atoms with Crippen LogP contribution in [0, 0.1) is 0 Å². The molecule has 266 valence electrons. The van der Waals surface area contributed by atoms with Crippen molar-refractivity contribution >= 4 is 75.3 Å². The van der Waals surface area contributed by atoms with Crippen molar-refractivity contribution in [2.75, 3.05) is 0 Å². The Morgan fingerprint density at radius 1 is 0.386 bits per heavy atom. The van der Waals surface area contributed by atoms with Crippen LogP contribution in [0.5, 0.6) is 0 Å². The van der Waals surface area contributed by atoms with Crippen LogP contribution >= 0.6 is 11.3 Å². The van der Waals surface area contributed by atoms with Gasteiger partial charge in [0.1, 0.15) is 11.2 Å². The van der Waals surface area contributed by atoms with Crippen LogP contribution in [-0.4, -0.2) is 19.5 Å². The van der Waals surface area contributed by atoms with Crippen LogP contribution in [0.3, 0.4) is 0 Å². The molecule has 6 heteroatoms. The monoisotopic (exact) mass is 746 g/mol. The van der Waals surface area contributed by atoms with Crippen LogP contribution in [0.2, 0.25) is 0 Å². The standard InChI is InChI=1S/C51H30N4OS/c1-3-14-31(15-4-1)49-52-50(32-16-5-2-6-17-32)54-51(53-49)41-24-12-22-39-38-21-11-20-34(46(38)56-47(39)41)33-28-29-37-40-23-13-27-44(48(40)57-45(37)30-33)55-42-25-9-7-18-35(42)36-19-8-10-26-43(36)55/h1-30H. The lowest BCUT2D eigenvalue weighted by molar-refractivity contribution is 0.670. The molecule has 4 heterocycles. The molecule has 0 atom stereocenters. The zero-order chi connectivity index (χ0) is 37.5. The molecule has 0 fully saturated rings. The van der Waals surface area contributed by atoms with Crippen molar-refractivity contribution < 1.29 is 4.42 Å². The van der Waals surface area contributed by atoms with Gasteiger partial charge in [-0.25, -0.2) is 15.0 Å². The lowest BCUT2D eigenvalue weighted by atomic mass is 10.0. The zero-order valence-electron chi connectivity index (χ0n) is 30.4. The smallest absolute Gasteiger partial charge is 0.167 e. The Morgan fingerprint density at radius 3 is 1.58 bits per heavy atom. The second kappa shape index (κ2) is 12.6. The molecule has 5 nitrogen and oxygen atoms in total. The van der Waals surface area contributed by atoms with Crippen LogP contribution in [0.1, 0.15) is 0 Å². The fourth-order valence-electron chi connectivity index (χ4n) is 8.46. The van der Waals surface area contributed by atoms with E-state index in [1.54, 1.807) is 0 Å². The third-order valence-electron chi connectivity index (χ3n) is 11.1. The summed E-state index contributed by atoms with van der Waals surface area (Å²) >= 11 is 1.85. The first-order chi connectivity index (χ1) is 28.3. The van der Waals surface area contributed by atoms with Gasteiger partial charge in [-0.05, 0) is 35.9 Å². The fraction of sp³-hybridized carbons (Fsp3) is 0. The van der Waals surface area contributed by atoms with E-state index in [4.69, 9.17) is 19.4 Å². The number of aromatic nitrogens is 4. The van der Waals surface area contributed by atoms with E-state index in [0.717, 1.165) is 49.8 Å². The molecule has 0 aliphatic rings. The van der Waals surface area contributed by atoms with Crippen LogP contribution < -0.4 is 0 Å². The van der Waals surface area contributed by atoms with Gasteiger partial charge >= 0.3 is 0 Å². The molecule has 57 heavy (non-hydrogen) atoms. The van der Waals surface area contributed by atoms with Crippen LogP contribution in [0.15, 0.2) is 186 Å². The highest BCUT2D eigenvalue weighted by molar-refractivity contribution is 7.26. The molecule has 0 aliphatic carbocycles. The first-order valence-electron chi connectivity index (χ1n) is 19.0. The van der Waals surface area contributed by atoms with Gasteiger partial charge in [-0.1, -0.05) is 152 Å². The van der Waals surface area contributed by atoms with Gasteiger partial charge in [-0.15, -0.1) is 11.3 Å². The highest BCUT2D eigenvalue weighted by atomic mass is 32.1. The molecule has 0 saturated heterocycles. The maximum Gasteiger partial charge on any atom is 0.167 e. The van der Waals surface area contributed by atoms with E-state index in [0.29, 0.717) is 17.5 Å². The minimum absolute atomic E-state index is 0.569. The van der Waals surface area contributed by atoms with Crippen LogP contribution in [-0.2, 0) is 0 Å². The van der Waals surface area contributed by atoms with Gasteiger partial charge in [0.05, 0.1) is 27.0 Å². The molecule has 0 N–H and O–H groups in total. The Labute approximate surface area is 330 Å². The van der Waals surface area contributed by atoms with E-state index in [2.05, 4.69) is 120 Å². The van der Waals surface area contributed by atoms with Crippen molar-refractivity contribution in [2.24, 2.45) is 0 Å². The molecule has 12 rings (SSSR count). The van der Waals surface area contributed by atoms with Crippen molar-refractivity contribution in [1.29, 1.82) is 0 Å². The number of thiophene rings is 1. The molecule has 0 amide bonds. The summed E-state index contributed by atoms with van der Waals surface area (Å²) in [6.45, 7) is 0. The topological polar surface area (TPSA) is 56.7 Å². The summed E-state index contributed by atoms with van der Waals surface area (Å²) in [6.07, 6.45) is 0. The minimum atomic E-state index is 0.569. The summed E-state index contributed by atoms with van der Waals surface area (Å²) in [5.41, 5.74) is 10.0. The molecule has 0 radical (unpaired) electrons. The molecular weight excluding hydrogens is 717 g/mol. The predicted molar refractivity (Wildman–Crippen MR) is 236 cm³/mol. The van der Waals surface area contributed by atoms with E-state index >= 15 is 0 Å². The lowest BCUT2D eigenvalue weighted by Gasteiger charge is -2.09. The molecule has 0 unspecified atom stereocenters. The average Bonchev–Trinajstić information content (AvgIpc) is 3.96. The summed E-state index contributed by atoms with van der Waals surface area (Å²) in [5, 5.41) is 7.10. The summed E-state index contributed by atoms with van der Waals surface area (Å²) in [7, 11) is 0. The number of nitrogens with zero attached hydrogens (tertiary/aromatic N) is 4. The Balaban J connectivity index is 1.02. The van der Waals surface area contributed by atoms with Gasteiger partial charge in [0.25, 0.3) is 0 Å². The molecule has 0 bridgehead atoms. The number of hydrogen-bond acceptors (Lipinski definition) is 5. The average molecular weight is 747 g/mol. The first-order valence-corrected chi connectivity index (χ1v) is 19.8. The van der Waals surface area contributed by atoms with Gasteiger partial charge in [-0.3, -0.25) is 0 Å². The SMILES string of the molecule is c1ccc(-c2nc(-c3ccccc3)nc(-c3cccc4c3oc3c(-c5ccc6c(c5)sc5c(-n7c8ccccc8c8ccccc87)cccc56)cccc34)n2)cc1. The highest BCUT2D eigenvalue weighted by Gasteiger charge is 2.21. The molecule has 12 aromatic rings. The maximum absolute atomic E-state index is 6.94. The maximum atomic E-state index is 6.94. The van der Waals surface area contributed by atoms with Gasteiger partial charge in [0.2, 0.25) is 0 Å². The minimum Gasteiger partial charge on any atom is -0.455 e. The second-order valence-corrected chi connectivity index (χ2v) is 15.4. The van der Waals surface area contributed by atoms with Crippen molar-refractivity contribution in [1.82, 2.24) is 19.5 Å². The molecule has 8 aromatic carbocycles. The van der Waals surface area contributed by atoms with E-state index in [-0.39, 0.29) is 0 Å². The summed E-state index contributed by atoms with van der Waals surface area (Å²) < 4.78 is 11.9. The Morgan fingerprint density at radius 2 is 0.912 bits per heavy atom. The quantitative estimate of drug-likeness (QED) is 0.176. The first kappa shape index (κ1) is 31.9. The lowest BCUT2D eigenvalue weighted by Crippen LogP contribution is -2.00. The van der Waals surface area contributed by atoms with E-state index in [9.17, 15) is 0 Å². The molecular formula is C51H30N4OS. The van der Waals surface area contributed by atoms with Gasteiger partial charge in [-0.2, -0.15) is 0 Å². The number of furan rings is 1. The van der Waals surface area contributed by atoms with E-state index in [1.807, 2.05) is 78.1 Å².